The molecule has 0 spiro atoms. The van der Waals surface area contributed by atoms with Crippen LogP contribution in [0.25, 0.3) is 10.9 Å². The highest BCUT2D eigenvalue weighted by Crippen LogP contribution is 2.29. The van der Waals surface area contributed by atoms with Gasteiger partial charge in [-0.25, -0.2) is 9.97 Å². The molecule has 0 amide bonds. The van der Waals surface area contributed by atoms with Gasteiger partial charge in [0, 0.05) is 43.0 Å². The molecule has 1 saturated heterocycles. The predicted molar refractivity (Wildman–Crippen MR) is 107 cm³/mol. The van der Waals surface area contributed by atoms with Crippen LogP contribution in [-0.4, -0.2) is 46.1 Å². The molecule has 1 aliphatic heterocycles. The summed E-state index contributed by atoms with van der Waals surface area (Å²) in [6.07, 6.45) is 7.52. The van der Waals surface area contributed by atoms with Crippen molar-refractivity contribution >= 4 is 16.7 Å². The molecule has 6 nitrogen and oxygen atoms in total. The molecule has 1 aromatic carbocycles. The first kappa shape index (κ1) is 17.7. The van der Waals surface area contributed by atoms with Gasteiger partial charge < -0.3 is 10.1 Å². The number of likely N-dealkylation sites (tertiary alicyclic amines) is 1. The van der Waals surface area contributed by atoms with Crippen molar-refractivity contribution in [1.29, 1.82) is 0 Å². The number of hydrogen-bond donors (Lipinski definition) is 1. The van der Waals surface area contributed by atoms with Gasteiger partial charge in [-0.2, -0.15) is 0 Å². The van der Waals surface area contributed by atoms with E-state index >= 15 is 0 Å². The number of rotatable bonds is 5. The largest absolute Gasteiger partial charge is 0.494 e. The van der Waals surface area contributed by atoms with E-state index in [1.165, 1.54) is 5.56 Å². The molecule has 3 heterocycles. The third-order valence-corrected chi connectivity index (χ3v) is 5.45. The number of nitrogens with one attached hydrogen (secondary N) is 1. The molecule has 1 aliphatic rings. The number of aromatic nitrogens is 3. The number of ether oxygens (including phenoxy) is 1. The molecule has 140 valence electrons. The van der Waals surface area contributed by atoms with Gasteiger partial charge >= 0.3 is 0 Å². The van der Waals surface area contributed by atoms with Crippen LogP contribution in [0, 0.1) is 0 Å². The van der Waals surface area contributed by atoms with E-state index in [2.05, 4.69) is 44.2 Å². The molecule has 6 heteroatoms. The third-order valence-electron chi connectivity index (χ3n) is 5.45. The van der Waals surface area contributed by atoms with Crippen molar-refractivity contribution < 1.29 is 4.74 Å². The SMILES string of the molecule is COc1cccc2c(NC3CCN(C(C)c4ccncc4)CC3)ncnc12. The number of anilines is 1. The molecule has 1 fully saturated rings. The molecular formula is C21H25N5O. The van der Waals surface area contributed by atoms with Crippen LogP contribution in [-0.2, 0) is 0 Å². The summed E-state index contributed by atoms with van der Waals surface area (Å²) in [6.45, 7) is 4.40. The minimum atomic E-state index is 0.412. The monoisotopic (exact) mass is 363 g/mol. The highest BCUT2D eigenvalue weighted by Gasteiger charge is 2.24. The van der Waals surface area contributed by atoms with Gasteiger partial charge in [0.05, 0.1) is 7.11 Å². The Kier molecular flexibility index (Phi) is 5.16. The maximum Gasteiger partial charge on any atom is 0.145 e. The van der Waals surface area contributed by atoms with Crippen molar-refractivity contribution in [2.45, 2.75) is 31.8 Å². The molecule has 0 aliphatic carbocycles. The molecule has 1 unspecified atom stereocenters. The fraction of sp³-hybridized carbons (Fsp3) is 0.381. The van der Waals surface area contributed by atoms with Crippen LogP contribution < -0.4 is 10.1 Å². The number of pyridine rings is 1. The summed E-state index contributed by atoms with van der Waals surface area (Å²) < 4.78 is 5.43. The second kappa shape index (κ2) is 7.88. The summed E-state index contributed by atoms with van der Waals surface area (Å²) in [4.78, 5) is 15.5. The number of para-hydroxylation sites is 1. The minimum Gasteiger partial charge on any atom is -0.494 e. The molecule has 3 aromatic rings. The van der Waals surface area contributed by atoms with Crippen molar-refractivity contribution in [3.63, 3.8) is 0 Å². The van der Waals surface area contributed by atoms with E-state index in [4.69, 9.17) is 4.74 Å². The van der Waals surface area contributed by atoms with Gasteiger partial charge in [0.2, 0.25) is 0 Å². The van der Waals surface area contributed by atoms with Gasteiger partial charge in [-0.05, 0) is 49.6 Å². The Morgan fingerprint density at radius 1 is 1.11 bits per heavy atom. The second-order valence-electron chi connectivity index (χ2n) is 6.99. The number of methoxy groups -OCH3 is 1. The first-order valence-electron chi connectivity index (χ1n) is 9.44. The number of hydrogen-bond acceptors (Lipinski definition) is 6. The summed E-state index contributed by atoms with van der Waals surface area (Å²) in [5, 5.41) is 4.64. The Morgan fingerprint density at radius 2 is 1.89 bits per heavy atom. The lowest BCUT2D eigenvalue weighted by molar-refractivity contribution is 0.167. The topological polar surface area (TPSA) is 63.2 Å². The maximum absolute atomic E-state index is 5.43. The lowest BCUT2D eigenvalue weighted by Crippen LogP contribution is -2.40. The van der Waals surface area contributed by atoms with Crippen molar-refractivity contribution in [2.75, 3.05) is 25.5 Å². The van der Waals surface area contributed by atoms with E-state index in [1.54, 1.807) is 13.4 Å². The van der Waals surface area contributed by atoms with Gasteiger partial charge in [-0.15, -0.1) is 0 Å². The van der Waals surface area contributed by atoms with Gasteiger partial charge in [0.25, 0.3) is 0 Å². The second-order valence-corrected chi connectivity index (χ2v) is 6.99. The summed E-state index contributed by atoms with van der Waals surface area (Å²) in [7, 11) is 1.67. The molecule has 0 saturated carbocycles. The third kappa shape index (κ3) is 3.71. The zero-order chi connectivity index (χ0) is 18.6. The summed E-state index contributed by atoms with van der Waals surface area (Å²) in [5.74, 6) is 1.67. The van der Waals surface area contributed by atoms with Crippen molar-refractivity contribution in [3.05, 3.63) is 54.6 Å². The zero-order valence-electron chi connectivity index (χ0n) is 15.8. The molecule has 2 aromatic heterocycles. The standard InChI is InChI=1S/C21H25N5O/c1-15(16-6-10-22-11-7-16)26-12-8-17(9-13-26)25-21-18-4-3-5-19(27-2)20(18)23-14-24-21/h3-7,10-11,14-15,17H,8-9,12-13H2,1-2H3,(H,23,24,25). The Labute approximate surface area is 159 Å². The Balaban J connectivity index is 1.43. The smallest absolute Gasteiger partial charge is 0.145 e. The molecule has 27 heavy (non-hydrogen) atoms. The van der Waals surface area contributed by atoms with Gasteiger partial charge in [-0.1, -0.05) is 6.07 Å². The van der Waals surface area contributed by atoms with Crippen molar-refractivity contribution in [1.82, 2.24) is 19.9 Å². The van der Waals surface area contributed by atoms with Crippen LogP contribution in [0.4, 0.5) is 5.82 Å². The van der Waals surface area contributed by atoms with Crippen LogP contribution in [0.2, 0.25) is 0 Å². The van der Waals surface area contributed by atoms with Crippen LogP contribution >= 0.6 is 0 Å². The number of benzene rings is 1. The lowest BCUT2D eigenvalue weighted by atomic mass is 10.0. The highest BCUT2D eigenvalue weighted by molar-refractivity contribution is 5.92. The van der Waals surface area contributed by atoms with E-state index in [0.717, 1.165) is 48.4 Å². The molecule has 1 atom stereocenters. The van der Waals surface area contributed by atoms with E-state index in [0.29, 0.717) is 12.1 Å². The first-order chi connectivity index (χ1) is 13.3. The fourth-order valence-corrected chi connectivity index (χ4v) is 3.82. The Morgan fingerprint density at radius 3 is 2.63 bits per heavy atom. The van der Waals surface area contributed by atoms with E-state index in [-0.39, 0.29) is 0 Å². The summed E-state index contributed by atoms with van der Waals surface area (Å²) >= 11 is 0. The molecule has 1 N–H and O–H groups in total. The van der Waals surface area contributed by atoms with E-state index in [1.807, 2.05) is 30.6 Å². The predicted octanol–water partition coefficient (Wildman–Crippen LogP) is 3.67. The van der Waals surface area contributed by atoms with Crippen LogP contribution in [0.3, 0.4) is 0 Å². The minimum absolute atomic E-state index is 0.412. The number of fused-ring (bicyclic) bond motifs is 1. The van der Waals surface area contributed by atoms with Crippen molar-refractivity contribution in [2.24, 2.45) is 0 Å². The summed E-state index contributed by atoms with van der Waals surface area (Å²) in [6, 6.07) is 11.0. The van der Waals surface area contributed by atoms with Gasteiger partial charge in [-0.3, -0.25) is 9.88 Å². The molecule has 4 rings (SSSR count). The highest BCUT2D eigenvalue weighted by atomic mass is 16.5. The maximum atomic E-state index is 5.43. The van der Waals surface area contributed by atoms with Crippen LogP contribution in [0.5, 0.6) is 5.75 Å². The first-order valence-corrected chi connectivity index (χ1v) is 9.44. The number of nitrogens with zero attached hydrogens (tertiary/aromatic N) is 4. The average molecular weight is 363 g/mol. The molecule has 0 radical (unpaired) electrons. The van der Waals surface area contributed by atoms with Crippen molar-refractivity contribution in [3.8, 4) is 5.75 Å². The van der Waals surface area contributed by atoms with E-state index < -0.39 is 0 Å². The quantitative estimate of drug-likeness (QED) is 0.746. The number of piperidine rings is 1. The van der Waals surface area contributed by atoms with Crippen LogP contribution in [0.15, 0.2) is 49.1 Å². The molecule has 0 bridgehead atoms. The van der Waals surface area contributed by atoms with E-state index in [9.17, 15) is 0 Å². The van der Waals surface area contributed by atoms with Gasteiger partial charge in [0.15, 0.2) is 0 Å². The Bertz CT molecular complexity index is 893. The van der Waals surface area contributed by atoms with Gasteiger partial charge in [0.1, 0.15) is 23.4 Å². The average Bonchev–Trinajstić information content (AvgIpc) is 2.74. The fourth-order valence-electron chi connectivity index (χ4n) is 3.82. The normalized spacial score (nSPS) is 17.0. The lowest BCUT2D eigenvalue weighted by Gasteiger charge is -2.36. The molecular weight excluding hydrogens is 338 g/mol. The Hall–Kier alpha value is -2.73. The summed E-state index contributed by atoms with van der Waals surface area (Å²) in [5.41, 5.74) is 2.17. The zero-order valence-corrected chi connectivity index (χ0v) is 15.8. The van der Waals surface area contributed by atoms with Crippen LogP contribution in [0.1, 0.15) is 31.4 Å².